The highest BCUT2D eigenvalue weighted by Gasteiger charge is 2.22. The van der Waals surface area contributed by atoms with Crippen molar-refractivity contribution in [2.75, 3.05) is 0 Å². The second-order valence-corrected chi connectivity index (χ2v) is 6.40. The number of fused-ring (bicyclic) bond motifs is 1. The first kappa shape index (κ1) is 17.1. The maximum Gasteiger partial charge on any atom is 0.326 e. The predicted molar refractivity (Wildman–Crippen MR) is 98.5 cm³/mol. The van der Waals surface area contributed by atoms with Crippen LogP contribution in [0.2, 0.25) is 0 Å². The number of benzene rings is 2. The van der Waals surface area contributed by atoms with Gasteiger partial charge < -0.3 is 10.4 Å². The number of carbonyl (C=O) groups is 2. The first-order valence-corrected chi connectivity index (χ1v) is 8.47. The molecule has 0 fully saturated rings. The summed E-state index contributed by atoms with van der Waals surface area (Å²) in [6, 6.07) is 17.1. The molecule has 2 N–H and O–H groups in total. The van der Waals surface area contributed by atoms with Crippen LogP contribution < -0.4 is 5.32 Å². The third-order valence-electron chi connectivity index (χ3n) is 3.82. The van der Waals surface area contributed by atoms with Crippen molar-refractivity contribution in [3.8, 4) is 0 Å². The zero-order valence-corrected chi connectivity index (χ0v) is 14.7. The highest BCUT2D eigenvalue weighted by atomic mass is 79.9. The number of aromatic nitrogens is 1. The molecule has 1 atom stereocenters. The fraction of sp³-hybridized carbons (Fsp3) is 0.105. The molecule has 0 spiro atoms. The zero-order chi connectivity index (χ0) is 17.8. The molecule has 6 heteroatoms. The van der Waals surface area contributed by atoms with Gasteiger partial charge in [0, 0.05) is 16.3 Å². The number of aliphatic carboxylic acids is 1. The Hall–Kier alpha value is -2.73. The Kier molecular flexibility index (Phi) is 5.09. The van der Waals surface area contributed by atoms with E-state index >= 15 is 0 Å². The smallest absolute Gasteiger partial charge is 0.326 e. The highest BCUT2D eigenvalue weighted by Crippen LogP contribution is 2.18. The Labute approximate surface area is 152 Å². The van der Waals surface area contributed by atoms with Crippen LogP contribution in [0, 0.1) is 0 Å². The summed E-state index contributed by atoms with van der Waals surface area (Å²) in [5.74, 6) is -1.60. The van der Waals surface area contributed by atoms with Gasteiger partial charge in [-0.1, -0.05) is 58.4 Å². The summed E-state index contributed by atoms with van der Waals surface area (Å²) in [5.41, 5.74) is 1.69. The summed E-state index contributed by atoms with van der Waals surface area (Å²) in [6.45, 7) is 0. The van der Waals surface area contributed by atoms with Crippen molar-refractivity contribution >= 4 is 38.7 Å². The van der Waals surface area contributed by atoms with Crippen molar-refractivity contribution < 1.29 is 14.7 Å². The summed E-state index contributed by atoms with van der Waals surface area (Å²) >= 11 is 3.39. The molecule has 0 bridgehead atoms. The van der Waals surface area contributed by atoms with E-state index in [9.17, 15) is 14.7 Å². The van der Waals surface area contributed by atoms with Crippen LogP contribution in [0.1, 0.15) is 16.1 Å². The van der Waals surface area contributed by atoms with E-state index in [0.29, 0.717) is 5.52 Å². The van der Waals surface area contributed by atoms with Gasteiger partial charge in [-0.3, -0.25) is 4.79 Å². The van der Waals surface area contributed by atoms with Gasteiger partial charge in [-0.15, -0.1) is 0 Å². The molecule has 5 nitrogen and oxygen atoms in total. The van der Waals surface area contributed by atoms with Crippen molar-refractivity contribution in [2.45, 2.75) is 12.5 Å². The van der Waals surface area contributed by atoms with E-state index < -0.39 is 17.9 Å². The molecule has 0 unspecified atom stereocenters. The van der Waals surface area contributed by atoms with Crippen LogP contribution in [-0.4, -0.2) is 28.0 Å². The van der Waals surface area contributed by atoms with E-state index in [1.807, 2.05) is 48.5 Å². The van der Waals surface area contributed by atoms with Gasteiger partial charge >= 0.3 is 5.97 Å². The molecule has 1 amide bonds. The number of para-hydroxylation sites is 1. The van der Waals surface area contributed by atoms with E-state index in [4.69, 9.17) is 0 Å². The minimum Gasteiger partial charge on any atom is -0.480 e. The van der Waals surface area contributed by atoms with E-state index in [1.165, 1.54) is 0 Å². The average Bonchev–Trinajstić information content (AvgIpc) is 2.62. The van der Waals surface area contributed by atoms with Gasteiger partial charge in [0.15, 0.2) is 0 Å². The maximum atomic E-state index is 12.4. The van der Waals surface area contributed by atoms with Gasteiger partial charge in [0.2, 0.25) is 0 Å². The molecular weight excluding hydrogens is 384 g/mol. The number of halogens is 1. The topological polar surface area (TPSA) is 79.3 Å². The van der Waals surface area contributed by atoms with E-state index in [1.54, 1.807) is 12.1 Å². The monoisotopic (exact) mass is 398 g/mol. The fourth-order valence-corrected chi connectivity index (χ4v) is 2.96. The van der Waals surface area contributed by atoms with Crippen molar-refractivity contribution in [1.29, 1.82) is 0 Å². The number of hydrogen-bond donors (Lipinski definition) is 2. The van der Waals surface area contributed by atoms with Crippen molar-refractivity contribution in [1.82, 2.24) is 10.3 Å². The quantitative estimate of drug-likeness (QED) is 0.689. The van der Waals surface area contributed by atoms with Crippen LogP contribution in [0.5, 0.6) is 0 Å². The molecule has 0 radical (unpaired) electrons. The Morgan fingerprint density at radius 2 is 1.76 bits per heavy atom. The molecule has 0 aliphatic carbocycles. The lowest BCUT2D eigenvalue weighted by molar-refractivity contribution is -0.139. The van der Waals surface area contributed by atoms with Crippen LogP contribution >= 0.6 is 15.9 Å². The van der Waals surface area contributed by atoms with E-state index in [0.717, 1.165) is 15.4 Å². The standard InChI is InChI=1S/C19H15BrN2O3/c20-14-7-3-1-6-13(14)11-17(19(24)25)22-18(23)16-10-9-12-5-2-4-8-15(12)21-16/h1-10,17H,11H2,(H,22,23)(H,24,25)/t17-/m1/s1. The molecule has 0 saturated heterocycles. The van der Waals surface area contributed by atoms with Crippen molar-refractivity contribution in [2.24, 2.45) is 0 Å². The molecule has 25 heavy (non-hydrogen) atoms. The molecule has 3 rings (SSSR count). The molecule has 1 heterocycles. The molecular formula is C19H15BrN2O3. The van der Waals surface area contributed by atoms with Crippen LogP contribution in [0.3, 0.4) is 0 Å². The molecule has 0 saturated carbocycles. The largest absolute Gasteiger partial charge is 0.480 e. The highest BCUT2D eigenvalue weighted by molar-refractivity contribution is 9.10. The molecule has 3 aromatic rings. The Bertz CT molecular complexity index is 943. The summed E-state index contributed by atoms with van der Waals surface area (Å²) in [6.07, 6.45) is 0.177. The molecule has 2 aromatic carbocycles. The molecule has 1 aromatic heterocycles. The lowest BCUT2D eigenvalue weighted by Gasteiger charge is -2.15. The minimum absolute atomic E-state index is 0.177. The Balaban J connectivity index is 1.80. The van der Waals surface area contributed by atoms with Gasteiger partial charge in [0.25, 0.3) is 5.91 Å². The van der Waals surface area contributed by atoms with Crippen LogP contribution in [0.25, 0.3) is 10.9 Å². The fourth-order valence-electron chi connectivity index (χ4n) is 2.51. The van der Waals surface area contributed by atoms with Gasteiger partial charge in [0.05, 0.1) is 5.52 Å². The van der Waals surface area contributed by atoms with Crippen molar-refractivity contribution in [3.63, 3.8) is 0 Å². The summed E-state index contributed by atoms with van der Waals surface area (Å²) in [5, 5.41) is 12.9. The van der Waals surface area contributed by atoms with Gasteiger partial charge in [0.1, 0.15) is 11.7 Å². The van der Waals surface area contributed by atoms with E-state index in [2.05, 4.69) is 26.2 Å². The third-order valence-corrected chi connectivity index (χ3v) is 4.59. The number of pyridine rings is 1. The Morgan fingerprint density at radius 1 is 1.04 bits per heavy atom. The number of rotatable bonds is 5. The number of hydrogen-bond acceptors (Lipinski definition) is 3. The number of nitrogens with zero attached hydrogens (tertiary/aromatic N) is 1. The van der Waals surface area contributed by atoms with E-state index in [-0.39, 0.29) is 12.1 Å². The first-order chi connectivity index (χ1) is 12.0. The number of carbonyl (C=O) groups excluding carboxylic acids is 1. The Morgan fingerprint density at radius 3 is 2.52 bits per heavy atom. The van der Waals surface area contributed by atoms with Crippen LogP contribution in [0.4, 0.5) is 0 Å². The molecule has 0 aliphatic rings. The lowest BCUT2D eigenvalue weighted by Crippen LogP contribution is -2.42. The summed E-state index contributed by atoms with van der Waals surface area (Å²) in [4.78, 5) is 28.3. The first-order valence-electron chi connectivity index (χ1n) is 7.67. The lowest BCUT2D eigenvalue weighted by atomic mass is 10.1. The molecule has 126 valence electrons. The third kappa shape index (κ3) is 4.03. The summed E-state index contributed by atoms with van der Waals surface area (Å²) in [7, 11) is 0. The van der Waals surface area contributed by atoms with Crippen LogP contribution in [0.15, 0.2) is 65.1 Å². The second kappa shape index (κ2) is 7.44. The van der Waals surface area contributed by atoms with Gasteiger partial charge in [-0.25, -0.2) is 9.78 Å². The average molecular weight is 399 g/mol. The van der Waals surface area contributed by atoms with Gasteiger partial charge in [-0.05, 0) is 23.8 Å². The zero-order valence-electron chi connectivity index (χ0n) is 13.1. The maximum absolute atomic E-state index is 12.4. The minimum atomic E-state index is -1.09. The summed E-state index contributed by atoms with van der Waals surface area (Å²) < 4.78 is 0.805. The van der Waals surface area contributed by atoms with Gasteiger partial charge in [-0.2, -0.15) is 0 Å². The number of amides is 1. The normalized spacial score (nSPS) is 11.9. The number of nitrogens with one attached hydrogen (secondary N) is 1. The van der Waals surface area contributed by atoms with Crippen molar-refractivity contribution in [3.05, 3.63) is 76.4 Å². The molecule has 0 aliphatic heterocycles. The number of carboxylic acids is 1. The second-order valence-electron chi connectivity index (χ2n) is 5.55. The SMILES string of the molecule is O=C(N[C@H](Cc1ccccc1Br)C(=O)O)c1ccc2ccccc2n1. The number of carboxylic acid groups (broad SMARTS) is 1. The van der Waals surface area contributed by atoms with Crippen LogP contribution in [-0.2, 0) is 11.2 Å². The predicted octanol–water partition coefficient (Wildman–Crippen LogP) is 3.42.